The normalized spacial score (nSPS) is 13.4. The van der Waals surface area contributed by atoms with Gasteiger partial charge in [0.1, 0.15) is 12.5 Å². The van der Waals surface area contributed by atoms with E-state index in [1.807, 2.05) is 48.5 Å². The Labute approximate surface area is 184 Å². The molecule has 1 aliphatic rings. The standard InChI is InChI=1S/C26H22N2O4/c29-25(30)22(21-13-27-24-12-6-5-11-20(21)24)14-28-26(31)32-15-23-18-9-3-1-7-16(18)17-8-2-4-10-19(17)23/h1-13,22-23,27H,14-15H2,(H,28,31)(H,29,30). The van der Waals surface area contributed by atoms with Crippen LogP contribution in [0.1, 0.15) is 28.5 Å². The molecule has 1 unspecified atom stereocenters. The lowest BCUT2D eigenvalue weighted by Crippen LogP contribution is -2.32. The monoisotopic (exact) mass is 426 g/mol. The van der Waals surface area contributed by atoms with Crippen LogP contribution in [0.15, 0.2) is 79.0 Å². The van der Waals surface area contributed by atoms with Crippen molar-refractivity contribution in [2.24, 2.45) is 0 Å². The number of aromatic amines is 1. The maximum atomic E-state index is 12.4. The smallest absolute Gasteiger partial charge is 0.407 e. The third-order valence-electron chi connectivity index (χ3n) is 6.09. The number of alkyl carbamates (subject to hydrolysis) is 1. The van der Waals surface area contributed by atoms with E-state index in [2.05, 4.69) is 34.6 Å². The Hall–Kier alpha value is -4.06. The molecule has 1 aromatic heterocycles. The minimum Gasteiger partial charge on any atom is -0.481 e. The van der Waals surface area contributed by atoms with Crippen LogP contribution in [0.25, 0.3) is 22.0 Å². The summed E-state index contributed by atoms with van der Waals surface area (Å²) in [4.78, 5) is 27.4. The van der Waals surface area contributed by atoms with Crippen LogP contribution in [0.3, 0.4) is 0 Å². The van der Waals surface area contributed by atoms with Gasteiger partial charge in [-0.3, -0.25) is 4.79 Å². The summed E-state index contributed by atoms with van der Waals surface area (Å²) in [7, 11) is 0. The van der Waals surface area contributed by atoms with Gasteiger partial charge in [-0.05, 0) is 33.9 Å². The first-order valence-corrected chi connectivity index (χ1v) is 10.5. The van der Waals surface area contributed by atoms with E-state index < -0.39 is 18.0 Å². The van der Waals surface area contributed by atoms with Gasteiger partial charge < -0.3 is 20.1 Å². The molecular weight excluding hydrogens is 404 g/mol. The third kappa shape index (κ3) is 3.50. The van der Waals surface area contributed by atoms with Gasteiger partial charge in [-0.25, -0.2) is 4.79 Å². The van der Waals surface area contributed by atoms with Crippen molar-refractivity contribution >= 4 is 23.0 Å². The van der Waals surface area contributed by atoms with Crippen molar-refractivity contribution in [2.75, 3.05) is 13.2 Å². The fourth-order valence-corrected chi connectivity index (χ4v) is 4.55. The van der Waals surface area contributed by atoms with Crippen LogP contribution in [-0.2, 0) is 9.53 Å². The summed E-state index contributed by atoms with van der Waals surface area (Å²) in [5, 5.41) is 13.2. The van der Waals surface area contributed by atoms with Crippen molar-refractivity contribution in [1.29, 1.82) is 0 Å². The van der Waals surface area contributed by atoms with Crippen LogP contribution in [-0.4, -0.2) is 35.3 Å². The van der Waals surface area contributed by atoms with Gasteiger partial charge in [-0.1, -0.05) is 66.7 Å². The summed E-state index contributed by atoms with van der Waals surface area (Å²) in [6, 6.07) is 23.7. The molecule has 0 saturated heterocycles. The van der Waals surface area contributed by atoms with E-state index in [-0.39, 0.29) is 19.1 Å². The van der Waals surface area contributed by atoms with Crippen LogP contribution in [0.4, 0.5) is 4.79 Å². The van der Waals surface area contributed by atoms with E-state index in [9.17, 15) is 14.7 Å². The first kappa shape index (κ1) is 19.9. The zero-order valence-electron chi connectivity index (χ0n) is 17.2. The Balaban J connectivity index is 1.27. The molecular formula is C26H22N2O4. The van der Waals surface area contributed by atoms with Crippen molar-refractivity contribution in [3.05, 3.63) is 95.7 Å². The Morgan fingerprint density at radius 2 is 1.56 bits per heavy atom. The molecule has 160 valence electrons. The van der Waals surface area contributed by atoms with E-state index in [4.69, 9.17) is 4.74 Å². The average molecular weight is 426 g/mol. The van der Waals surface area contributed by atoms with Gasteiger partial charge in [0.05, 0.1) is 0 Å². The minimum atomic E-state index is -1.01. The molecule has 0 aliphatic heterocycles. The molecule has 6 heteroatoms. The lowest BCUT2D eigenvalue weighted by atomic mass is 9.98. The summed E-state index contributed by atoms with van der Waals surface area (Å²) in [5.41, 5.74) is 6.05. The summed E-state index contributed by atoms with van der Waals surface area (Å²) in [5.74, 6) is -1.93. The zero-order valence-corrected chi connectivity index (χ0v) is 17.2. The van der Waals surface area contributed by atoms with Gasteiger partial charge >= 0.3 is 12.1 Å². The number of carboxylic acid groups (broad SMARTS) is 1. The molecule has 1 atom stereocenters. The molecule has 0 radical (unpaired) electrons. The number of aliphatic carboxylic acids is 1. The highest BCUT2D eigenvalue weighted by molar-refractivity contribution is 5.89. The number of hydrogen-bond acceptors (Lipinski definition) is 3. The molecule has 3 N–H and O–H groups in total. The van der Waals surface area contributed by atoms with Crippen molar-refractivity contribution < 1.29 is 19.4 Å². The lowest BCUT2D eigenvalue weighted by molar-refractivity contribution is -0.138. The van der Waals surface area contributed by atoms with Crippen molar-refractivity contribution in [2.45, 2.75) is 11.8 Å². The molecule has 0 bridgehead atoms. The van der Waals surface area contributed by atoms with Gasteiger partial charge in [0.2, 0.25) is 0 Å². The summed E-state index contributed by atoms with van der Waals surface area (Å²) in [6.07, 6.45) is 1.06. The number of H-pyrrole nitrogens is 1. The van der Waals surface area contributed by atoms with Gasteiger partial charge in [0.25, 0.3) is 0 Å². The Kier molecular flexibility index (Phi) is 5.11. The highest BCUT2D eigenvalue weighted by Crippen LogP contribution is 2.44. The predicted molar refractivity (Wildman–Crippen MR) is 122 cm³/mol. The maximum Gasteiger partial charge on any atom is 0.407 e. The molecule has 1 aliphatic carbocycles. The first-order valence-electron chi connectivity index (χ1n) is 10.5. The van der Waals surface area contributed by atoms with E-state index in [1.165, 1.54) is 0 Å². The molecule has 0 fully saturated rings. The fourth-order valence-electron chi connectivity index (χ4n) is 4.55. The second-order valence-corrected chi connectivity index (χ2v) is 7.89. The van der Waals surface area contributed by atoms with E-state index in [0.29, 0.717) is 5.56 Å². The molecule has 1 heterocycles. The average Bonchev–Trinajstić information content (AvgIpc) is 3.37. The zero-order chi connectivity index (χ0) is 22.1. The molecule has 4 aromatic rings. The van der Waals surface area contributed by atoms with Crippen molar-refractivity contribution in [1.82, 2.24) is 10.3 Å². The minimum absolute atomic E-state index is 0.0444. The Bertz CT molecular complexity index is 1260. The van der Waals surface area contributed by atoms with E-state index >= 15 is 0 Å². The molecule has 6 nitrogen and oxygen atoms in total. The number of ether oxygens (including phenoxy) is 1. The number of hydrogen-bond donors (Lipinski definition) is 3. The number of carbonyl (C=O) groups excluding carboxylic acids is 1. The second kappa shape index (κ2) is 8.23. The largest absolute Gasteiger partial charge is 0.481 e. The van der Waals surface area contributed by atoms with Gasteiger partial charge in [-0.15, -0.1) is 0 Å². The molecule has 0 spiro atoms. The van der Waals surface area contributed by atoms with Gasteiger partial charge in [0.15, 0.2) is 0 Å². The number of benzene rings is 3. The Morgan fingerprint density at radius 3 is 2.25 bits per heavy atom. The van der Waals surface area contributed by atoms with Crippen LogP contribution in [0, 0.1) is 0 Å². The van der Waals surface area contributed by atoms with E-state index in [0.717, 1.165) is 33.2 Å². The molecule has 3 aromatic carbocycles. The van der Waals surface area contributed by atoms with Crippen LogP contribution >= 0.6 is 0 Å². The van der Waals surface area contributed by atoms with Crippen molar-refractivity contribution in [3.63, 3.8) is 0 Å². The summed E-state index contributed by atoms with van der Waals surface area (Å²) in [6.45, 7) is 0.124. The van der Waals surface area contributed by atoms with Gasteiger partial charge in [0, 0.05) is 29.6 Å². The highest BCUT2D eigenvalue weighted by atomic mass is 16.5. The number of carbonyl (C=O) groups is 2. The van der Waals surface area contributed by atoms with E-state index in [1.54, 1.807) is 6.20 Å². The number of amides is 1. The topological polar surface area (TPSA) is 91.4 Å². The number of rotatable bonds is 6. The van der Waals surface area contributed by atoms with Crippen LogP contribution in [0.5, 0.6) is 0 Å². The fraction of sp³-hybridized carbons (Fsp3) is 0.154. The summed E-state index contributed by atoms with van der Waals surface area (Å²) >= 11 is 0. The number of carboxylic acids is 1. The Morgan fingerprint density at radius 1 is 0.938 bits per heavy atom. The molecule has 1 amide bonds. The first-order chi connectivity index (χ1) is 15.6. The molecule has 32 heavy (non-hydrogen) atoms. The summed E-state index contributed by atoms with van der Waals surface area (Å²) < 4.78 is 5.52. The van der Waals surface area contributed by atoms with Crippen LogP contribution in [0.2, 0.25) is 0 Å². The van der Waals surface area contributed by atoms with Gasteiger partial charge in [-0.2, -0.15) is 0 Å². The number of aromatic nitrogens is 1. The maximum absolute atomic E-state index is 12.4. The highest BCUT2D eigenvalue weighted by Gasteiger charge is 2.29. The number of fused-ring (bicyclic) bond motifs is 4. The third-order valence-corrected chi connectivity index (χ3v) is 6.09. The second-order valence-electron chi connectivity index (χ2n) is 7.89. The number of nitrogens with one attached hydrogen (secondary N) is 2. The molecule has 0 saturated carbocycles. The predicted octanol–water partition coefficient (Wildman–Crippen LogP) is 4.87. The quantitative estimate of drug-likeness (QED) is 0.410. The number of para-hydroxylation sites is 1. The van der Waals surface area contributed by atoms with Crippen molar-refractivity contribution in [3.8, 4) is 11.1 Å². The SMILES string of the molecule is O=C(NCC(C(=O)O)c1c[nH]c2ccccc12)OCC1c2ccccc2-c2ccccc21. The molecule has 5 rings (SSSR count). The lowest BCUT2D eigenvalue weighted by Gasteiger charge is -2.16. The van der Waals surface area contributed by atoms with Crippen LogP contribution < -0.4 is 5.32 Å².